The highest BCUT2D eigenvalue weighted by molar-refractivity contribution is 5.80. The molecule has 0 aliphatic carbocycles. The van der Waals surface area contributed by atoms with E-state index in [9.17, 15) is 18.4 Å². The lowest BCUT2D eigenvalue weighted by atomic mass is 10.0. The summed E-state index contributed by atoms with van der Waals surface area (Å²) in [6.07, 6.45) is 3.34. The second-order valence-corrected chi connectivity index (χ2v) is 7.00. The highest BCUT2D eigenvalue weighted by Gasteiger charge is 2.31. The number of amides is 2. The summed E-state index contributed by atoms with van der Waals surface area (Å²) in [6, 6.07) is 3.96. The van der Waals surface area contributed by atoms with E-state index in [2.05, 4.69) is 5.32 Å². The van der Waals surface area contributed by atoms with Gasteiger partial charge < -0.3 is 15.1 Å². The van der Waals surface area contributed by atoms with Gasteiger partial charge in [-0.2, -0.15) is 0 Å². The van der Waals surface area contributed by atoms with Crippen LogP contribution in [0.3, 0.4) is 0 Å². The van der Waals surface area contributed by atoms with Gasteiger partial charge in [0.05, 0.1) is 6.54 Å². The van der Waals surface area contributed by atoms with Crippen LogP contribution in [0, 0.1) is 11.6 Å². The van der Waals surface area contributed by atoms with Gasteiger partial charge >= 0.3 is 0 Å². The molecule has 0 spiro atoms. The molecule has 142 valence electrons. The van der Waals surface area contributed by atoms with Crippen molar-refractivity contribution in [1.82, 2.24) is 15.1 Å². The van der Waals surface area contributed by atoms with Crippen molar-refractivity contribution in [3.05, 3.63) is 35.4 Å². The summed E-state index contributed by atoms with van der Waals surface area (Å²) in [7, 11) is 0. The van der Waals surface area contributed by atoms with Crippen LogP contribution < -0.4 is 5.32 Å². The number of likely N-dealkylation sites (tertiary alicyclic amines) is 1. The zero-order valence-electron chi connectivity index (χ0n) is 14.8. The molecule has 7 heteroatoms. The Morgan fingerprint density at radius 3 is 2.85 bits per heavy atom. The van der Waals surface area contributed by atoms with Crippen molar-refractivity contribution in [3.63, 3.8) is 0 Å². The Balaban J connectivity index is 1.47. The number of rotatable bonds is 5. The first-order valence-corrected chi connectivity index (χ1v) is 9.26. The predicted octanol–water partition coefficient (Wildman–Crippen LogP) is 1.71. The van der Waals surface area contributed by atoms with Gasteiger partial charge in [0.25, 0.3) is 0 Å². The zero-order valence-corrected chi connectivity index (χ0v) is 14.8. The van der Waals surface area contributed by atoms with E-state index in [0.29, 0.717) is 44.5 Å². The fraction of sp³-hybridized carbons (Fsp3) is 0.579. The monoisotopic (exact) mass is 365 g/mol. The number of halogens is 2. The number of benzene rings is 1. The third-order valence-electron chi connectivity index (χ3n) is 5.16. The van der Waals surface area contributed by atoms with E-state index in [4.69, 9.17) is 0 Å². The van der Waals surface area contributed by atoms with E-state index >= 15 is 0 Å². The molecule has 1 N–H and O–H groups in total. The number of hydrogen-bond acceptors (Lipinski definition) is 3. The summed E-state index contributed by atoms with van der Waals surface area (Å²) in [6.45, 7) is 3.18. The standard InChI is InChI=1S/C19H25F2N3O2/c20-16-7-6-14(11-17(16)21)3-1-5-18(25)23-9-2-4-15(13-23)24-10-8-22-12-19(24)26/h6-7,11,15,22H,1-5,8-10,12-13H2. The zero-order chi connectivity index (χ0) is 18.5. The minimum Gasteiger partial charge on any atom is -0.341 e. The topological polar surface area (TPSA) is 52.7 Å². The Bertz CT molecular complexity index is 668. The lowest BCUT2D eigenvalue weighted by Gasteiger charge is -2.41. The molecule has 2 fully saturated rings. The second-order valence-electron chi connectivity index (χ2n) is 7.00. The Morgan fingerprint density at radius 1 is 1.23 bits per heavy atom. The van der Waals surface area contributed by atoms with Gasteiger partial charge in [0, 0.05) is 38.6 Å². The van der Waals surface area contributed by atoms with Crippen molar-refractivity contribution in [3.8, 4) is 0 Å². The summed E-state index contributed by atoms with van der Waals surface area (Å²) in [5.41, 5.74) is 0.694. The first kappa shape index (κ1) is 18.8. The van der Waals surface area contributed by atoms with Crippen LogP contribution in [-0.2, 0) is 16.0 Å². The van der Waals surface area contributed by atoms with E-state index in [-0.39, 0.29) is 17.9 Å². The average molecular weight is 365 g/mol. The van der Waals surface area contributed by atoms with E-state index in [1.54, 1.807) is 6.07 Å². The molecule has 0 aromatic heterocycles. The normalized spacial score (nSPS) is 21.2. The third kappa shape index (κ3) is 4.58. The van der Waals surface area contributed by atoms with Gasteiger partial charge in [-0.1, -0.05) is 6.07 Å². The lowest BCUT2D eigenvalue weighted by Crippen LogP contribution is -2.57. The summed E-state index contributed by atoms with van der Waals surface area (Å²) in [5, 5.41) is 3.07. The van der Waals surface area contributed by atoms with Crippen molar-refractivity contribution in [1.29, 1.82) is 0 Å². The van der Waals surface area contributed by atoms with Gasteiger partial charge in [0.2, 0.25) is 11.8 Å². The fourth-order valence-corrected chi connectivity index (χ4v) is 3.74. The van der Waals surface area contributed by atoms with Crippen LogP contribution in [0.4, 0.5) is 8.78 Å². The molecule has 2 amide bonds. The van der Waals surface area contributed by atoms with Crippen LogP contribution in [-0.4, -0.2) is 60.4 Å². The van der Waals surface area contributed by atoms with Gasteiger partial charge in [-0.3, -0.25) is 9.59 Å². The fourth-order valence-electron chi connectivity index (χ4n) is 3.74. The number of hydrogen-bond donors (Lipinski definition) is 1. The molecule has 1 aromatic rings. The van der Waals surface area contributed by atoms with Crippen LogP contribution >= 0.6 is 0 Å². The highest BCUT2D eigenvalue weighted by Crippen LogP contribution is 2.19. The number of nitrogens with one attached hydrogen (secondary N) is 1. The van der Waals surface area contributed by atoms with Gasteiger partial charge in [0.1, 0.15) is 0 Å². The van der Waals surface area contributed by atoms with Crippen LogP contribution in [0.5, 0.6) is 0 Å². The first-order valence-electron chi connectivity index (χ1n) is 9.26. The molecule has 1 unspecified atom stereocenters. The SMILES string of the molecule is O=C(CCCc1ccc(F)c(F)c1)N1CCCC(N2CCNCC2=O)C1. The molecular weight excluding hydrogens is 340 g/mol. The molecule has 0 bridgehead atoms. The van der Waals surface area contributed by atoms with Gasteiger partial charge in [-0.25, -0.2) is 8.78 Å². The third-order valence-corrected chi connectivity index (χ3v) is 5.16. The Morgan fingerprint density at radius 2 is 2.08 bits per heavy atom. The molecule has 2 saturated heterocycles. The maximum atomic E-state index is 13.2. The molecule has 1 atom stereocenters. The van der Waals surface area contributed by atoms with Crippen LogP contribution in [0.25, 0.3) is 0 Å². The van der Waals surface area contributed by atoms with Gasteiger partial charge in [-0.05, 0) is 43.4 Å². The van der Waals surface area contributed by atoms with Crippen LogP contribution in [0.2, 0.25) is 0 Å². The number of carbonyl (C=O) groups is 2. The minimum absolute atomic E-state index is 0.0693. The average Bonchev–Trinajstić information content (AvgIpc) is 2.65. The summed E-state index contributed by atoms with van der Waals surface area (Å²) < 4.78 is 26.2. The molecule has 2 aliphatic heterocycles. The van der Waals surface area contributed by atoms with E-state index in [1.165, 1.54) is 6.07 Å². The quantitative estimate of drug-likeness (QED) is 0.864. The second kappa shape index (κ2) is 8.58. The molecule has 2 heterocycles. The van der Waals surface area contributed by atoms with Crippen molar-refractivity contribution < 1.29 is 18.4 Å². The number of carbonyl (C=O) groups excluding carboxylic acids is 2. The van der Waals surface area contributed by atoms with Crippen molar-refractivity contribution in [2.45, 2.75) is 38.1 Å². The van der Waals surface area contributed by atoms with Gasteiger partial charge in [0.15, 0.2) is 11.6 Å². The van der Waals surface area contributed by atoms with Crippen molar-refractivity contribution >= 4 is 11.8 Å². The number of nitrogens with zero attached hydrogens (tertiary/aromatic N) is 2. The molecule has 2 aliphatic rings. The maximum Gasteiger partial charge on any atom is 0.236 e. The molecule has 0 saturated carbocycles. The Kier molecular flexibility index (Phi) is 6.19. The highest BCUT2D eigenvalue weighted by atomic mass is 19.2. The number of piperazine rings is 1. The van der Waals surface area contributed by atoms with Crippen molar-refractivity contribution in [2.75, 3.05) is 32.7 Å². The minimum atomic E-state index is -0.855. The summed E-state index contributed by atoms with van der Waals surface area (Å²) in [4.78, 5) is 28.3. The summed E-state index contributed by atoms with van der Waals surface area (Å²) in [5.74, 6) is -1.53. The predicted molar refractivity (Wildman–Crippen MR) is 93.5 cm³/mol. The maximum absolute atomic E-state index is 13.2. The van der Waals surface area contributed by atoms with Crippen molar-refractivity contribution in [2.24, 2.45) is 0 Å². The molecule has 26 heavy (non-hydrogen) atoms. The Labute approximate surface area is 152 Å². The van der Waals surface area contributed by atoms with Gasteiger partial charge in [-0.15, -0.1) is 0 Å². The molecule has 3 rings (SSSR count). The van der Waals surface area contributed by atoms with E-state index in [1.807, 2.05) is 9.80 Å². The molecule has 5 nitrogen and oxygen atoms in total. The van der Waals surface area contributed by atoms with Crippen LogP contribution in [0.1, 0.15) is 31.2 Å². The lowest BCUT2D eigenvalue weighted by molar-refractivity contribution is -0.140. The number of piperidine rings is 1. The molecular formula is C19H25F2N3O2. The largest absolute Gasteiger partial charge is 0.341 e. The van der Waals surface area contributed by atoms with E-state index in [0.717, 1.165) is 32.0 Å². The molecule has 0 radical (unpaired) electrons. The summed E-state index contributed by atoms with van der Waals surface area (Å²) >= 11 is 0. The smallest absolute Gasteiger partial charge is 0.236 e. The first-order chi connectivity index (χ1) is 12.5. The molecule has 1 aromatic carbocycles. The Hall–Kier alpha value is -2.02. The van der Waals surface area contributed by atoms with E-state index < -0.39 is 11.6 Å². The van der Waals surface area contributed by atoms with Crippen LogP contribution in [0.15, 0.2) is 18.2 Å². The number of aryl methyl sites for hydroxylation is 1.